The van der Waals surface area contributed by atoms with Gasteiger partial charge in [0.25, 0.3) is 5.56 Å². The molecule has 1 aromatic carbocycles. The molecule has 3 heterocycles. The highest BCUT2D eigenvalue weighted by Crippen LogP contribution is 2.50. The molecule has 1 amide bonds. The van der Waals surface area contributed by atoms with Crippen LogP contribution in [0.25, 0.3) is 0 Å². The third-order valence-electron chi connectivity index (χ3n) is 6.88. The van der Waals surface area contributed by atoms with E-state index < -0.39 is 6.04 Å². The highest BCUT2D eigenvalue weighted by atomic mass is 19.1. The maximum absolute atomic E-state index is 13.3. The number of amides is 1. The molecule has 2 aromatic rings. The summed E-state index contributed by atoms with van der Waals surface area (Å²) in [5, 5.41) is 13.2. The van der Waals surface area contributed by atoms with E-state index in [1.54, 1.807) is 28.8 Å². The minimum absolute atomic E-state index is 0.0257. The zero-order chi connectivity index (χ0) is 20.8. The molecule has 1 saturated carbocycles. The number of aliphatic hydroxyl groups excluding tert-OH is 1. The number of aliphatic hydroxyl groups is 1. The lowest BCUT2D eigenvalue weighted by Crippen LogP contribution is -2.48. The van der Waals surface area contributed by atoms with Crippen molar-refractivity contribution in [2.24, 2.45) is 17.8 Å². The Kier molecular flexibility index (Phi) is 4.95. The lowest BCUT2D eigenvalue weighted by molar-refractivity contribution is -0.128. The van der Waals surface area contributed by atoms with Crippen molar-refractivity contribution in [3.05, 3.63) is 69.9 Å². The van der Waals surface area contributed by atoms with E-state index in [0.29, 0.717) is 19.0 Å². The maximum Gasteiger partial charge on any atom is 0.250 e. The Morgan fingerprint density at radius 1 is 1.17 bits per heavy atom. The molecule has 4 atom stereocenters. The lowest BCUT2D eigenvalue weighted by Gasteiger charge is -2.30. The number of rotatable bonds is 6. The molecule has 0 unspecified atom stereocenters. The molecule has 30 heavy (non-hydrogen) atoms. The molecule has 1 saturated heterocycles. The molecule has 2 fully saturated rings. The molecule has 2 N–H and O–H groups in total. The molecule has 3 aliphatic rings. The minimum atomic E-state index is -0.435. The van der Waals surface area contributed by atoms with Crippen LogP contribution < -0.4 is 10.9 Å². The number of halogens is 1. The zero-order valence-corrected chi connectivity index (χ0v) is 16.7. The second-order valence-corrected chi connectivity index (χ2v) is 8.78. The monoisotopic (exact) mass is 411 g/mol. The standard InChI is InChI=1S/C23H26FN3O3/c24-16-8-6-14(7-9-16)10-25-23(30)22-18(13-28)17-12-26-19(2-1-3-20(26)29)21(17)27(22)11-15-4-5-15/h1-3,6-9,15,17-18,21-22,28H,4-5,10-13H2,(H,25,30)/t17-,18-,21+,22-/m0/s1. The minimum Gasteiger partial charge on any atom is -0.396 e. The van der Waals surface area contributed by atoms with Crippen LogP contribution in [-0.4, -0.2) is 39.7 Å². The SMILES string of the molecule is O=C(NCc1ccc(F)cc1)[C@@H]1[C@@H](CO)[C@@H]2Cn3c(cccc3=O)[C@@H]2N1CC1CC1. The molecule has 0 bridgehead atoms. The van der Waals surface area contributed by atoms with Crippen molar-refractivity contribution < 1.29 is 14.3 Å². The maximum atomic E-state index is 13.3. The van der Waals surface area contributed by atoms with Gasteiger partial charge in [-0.1, -0.05) is 18.2 Å². The van der Waals surface area contributed by atoms with Gasteiger partial charge in [-0.2, -0.15) is 0 Å². The summed E-state index contributed by atoms with van der Waals surface area (Å²) in [5.41, 5.74) is 1.75. The summed E-state index contributed by atoms with van der Waals surface area (Å²) < 4.78 is 14.9. The van der Waals surface area contributed by atoms with E-state index in [1.165, 1.54) is 12.1 Å². The van der Waals surface area contributed by atoms with Gasteiger partial charge in [0.2, 0.25) is 5.91 Å². The summed E-state index contributed by atoms with van der Waals surface area (Å²) in [6.45, 7) is 1.55. The number of nitrogens with zero attached hydrogens (tertiary/aromatic N) is 2. The van der Waals surface area contributed by atoms with Crippen molar-refractivity contribution in [1.29, 1.82) is 0 Å². The Morgan fingerprint density at radius 3 is 2.63 bits per heavy atom. The largest absolute Gasteiger partial charge is 0.396 e. The second kappa shape index (κ2) is 7.63. The number of aromatic nitrogens is 1. The third kappa shape index (κ3) is 3.36. The van der Waals surface area contributed by atoms with Crippen molar-refractivity contribution in [1.82, 2.24) is 14.8 Å². The van der Waals surface area contributed by atoms with Crippen LogP contribution in [0, 0.1) is 23.6 Å². The van der Waals surface area contributed by atoms with Gasteiger partial charge in [0.05, 0.1) is 12.1 Å². The van der Waals surface area contributed by atoms with Gasteiger partial charge in [0.1, 0.15) is 5.82 Å². The number of hydrogen-bond donors (Lipinski definition) is 2. The summed E-state index contributed by atoms with van der Waals surface area (Å²) in [5.74, 6) is -0.0523. The predicted octanol–water partition coefficient (Wildman–Crippen LogP) is 1.68. The van der Waals surface area contributed by atoms with Gasteiger partial charge in [-0.15, -0.1) is 0 Å². The van der Waals surface area contributed by atoms with Gasteiger partial charge >= 0.3 is 0 Å². The average molecular weight is 411 g/mol. The van der Waals surface area contributed by atoms with E-state index in [-0.39, 0.29) is 41.8 Å². The van der Waals surface area contributed by atoms with Gasteiger partial charge in [-0.05, 0) is 42.5 Å². The summed E-state index contributed by atoms with van der Waals surface area (Å²) >= 11 is 0. The quantitative estimate of drug-likeness (QED) is 0.759. The highest BCUT2D eigenvalue weighted by Gasteiger charge is 2.56. The summed E-state index contributed by atoms with van der Waals surface area (Å²) in [6, 6.07) is 10.9. The molecule has 7 heteroatoms. The van der Waals surface area contributed by atoms with Crippen LogP contribution in [0.2, 0.25) is 0 Å². The number of likely N-dealkylation sites (tertiary alicyclic amines) is 1. The summed E-state index contributed by atoms with van der Waals surface area (Å²) in [4.78, 5) is 27.8. The van der Waals surface area contributed by atoms with Crippen LogP contribution in [0.1, 0.15) is 30.1 Å². The van der Waals surface area contributed by atoms with Crippen LogP contribution in [0.3, 0.4) is 0 Å². The fraction of sp³-hybridized carbons (Fsp3) is 0.478. The Balaban J connectivity index is 1.42. The van der Waals surface area contributed by atoms with Crippen molar-refractivity contribution >= 4 is 5.91 Å². The number of carbonyl (C=O) groups excluding carboxylic acids is 1. The number of benzene rings is 1. The Bertz CT molecular complexity index is 1000. The molecule has 5 rings (SSSR count). The Hall–Kier alpha value is -2.51. The van der Waals surface area contributed by atoms with Crippen LogP contribution in [0.5, 0.6) is 0 Å². The first-order chi connectivity index (χ1) is 14.6. The number of hydrogen-bond acceptors (Lipinski definition) is 4. The molecule has 0 radical (unpaired) electrons. The Labute approximate surface area is 174 Å². The number of nitrogens with one attached hydrogen (secondary N) is 1. The summed E-state index contributed by atoms with van der Waals surface area (Å²) in [6.07, 6.45) is 2.31. The molecule has 1 aromatic heterocycles. The number of carbonyl (C=O) groups is 1. The zero-order valence-electron chi connectivity index (χ0n) is 16.7. The lowest BCUT2D eigenvalue weighted by atomic mass is 9.88. The number of fused-ring (bicyclic) bond motifs is 3. The van der Waals surface area contributed by atoms with Gasteiger partial charge < -0.3 is 15.0 Å². The average Bonchev–Trinajstić information content (AvgIpc) is 3.39. The van der Waals surface area contributed by atoms with Crippen molar-refractivity contribution in [3.63, 3.8) is 0 Å². The van der Waals surface area contributed by atoms with Crippen molar-refractivity contribution in [2.45, 2.75) is 38.0 Å². The van der Waals surface area contributed by atoms with E-state index in [0.717, 1.165) is 30.6 Å². The van der Waals surface area contributed by atoms with Crippen molar-refractivity contribution in [2.75, 3.05) is 13.2 Å². The Morgan fingerprint density at radius 2 is 1.93 bits per heavy atom. The molecule has 0 spiro atoms. The molecule has 6 nitrogen and oxygen atoms in total. The first-order valence-electron chi connectivity index (χ1n) is 10.7. The van der Waals surface area contributed by atoms with Gasteiger partial charge in [-0.3, -0.25) is 14.5 Å². The third-order valence-corrected chi connectivity index (χ3v) is 6.88. The predicted molar refractivity (Wildman–Crippen MR) is 109 cm³/mol. The van der Waals surface area contributed by atoms with E-state index in [2.05, 4.69) is 10.2 Å². The van der Waals surface area contributed by atoms with Crippen LogP contribution in [0.15, 0.2) is 47.3 Å². The van der Waals surface area contributed by atoms with Gasteiger partial charge in [0.15, 0.2) is 0 Å². The van der Waals surface area contributed by atoms with Crippen molar-refractivity contribution in [3.8, 4) is 0 Å². The fourth-order valence-electron chi connectivity index (χ4n) is 5.26. The summed E-state index contributed by atoms with van der Waals surface area (Å²) in [7, 11) is 0. The smallest absolute Gasteiger partial charge is 0.250 e. The first kappa shape index (κ1) is 19.5. The fourth-order valence-corrected chi connectivity index (χ4v) is 5.26. The van der Waals surface area contributed by atoms with E-state index in [9.17, 15) is 19.1 Å². The second-order valence-electron chi connectivity index (χ2n) is 8.78. The highest BCUT2D eigenvalue weighted by molar-refractivity contribution is 5.82. The number of pyridine rings is 1. The van der Waals surface area contributed by atoms with Crippen LogP contribution in [-0.2, 0) is 17.9 Å². The van der Waals surface area contributed by atoms with Gasteiger partial charge in [-0.25, -0.2) is 4.39 Å². The molecular formula is C23H26FN3O3. The van der Waals surface area contributed by atoms with E-state index in [4.69, 9.17) is 0 Å². The first-order valence-corrected chi connectivity index (χ1v) is 10.7. The molecule has 158 valence electrons. The molecular weight excluding hydrogens is 385 g/mol. The van der Waals surface area contributed by atoms with E-state index in [1.807, 2.05) is 6.07 Å². The molecule has 2 aliphatic heterocycles. The van der Waals surface area contributed by atoms with Gasteiger partial charge in [0, 0.05) is 49.8 Å². The van der Waals surface area contributed by atoms with Crippen LogP contribution >= 0.6 is 0 Å². The normalized spacial score (nSPS) is 27.7. The van der Waals surface area contributed by atoms with E-state index >= 15 is 0 Å². The molecule has 1 aliphatic carbocycles. The van der Waals surface area contributed by atoms with Crippen LogP contribution in [0.4, 0.5) is 4.39 Å². The topological polar surface area (TPSA) is 74.6 Å².